The van der Waals surface area contributed by atoms with Gasteiger partial charge in [-0.2, -0.15) is 0 Å². The number of likely N-dealkylation sites (tertiary alicyclic amines) is 1. The fourth-order valence-electron chi connectivity index (χ4n) is 7.19. The van der Waals surface area contributed by atoms with Crippen LogP contribution in [0, 0.1) is 11.8 Å². The number of piperazine rings is 1. The first kappa shape index (κ1) is 31.2. The van der Waals surface area contributed by atoms with Crippen molar-refractivity contribution in [2.45, 2.75) is 44.6 Å². The molecule has 0 unspecified atom stereocenters. The van der Waals surface area contributed by atoms with Crippen LogP contribution >= 0.6 is 0 Å². The van der Waals surface area contributed by atoms with Crippen molar-refractivity contribution in [3.05, 3.63) is 54.2 Å². The molecule has 2 saturated heterocycles. The first-order valence-electron chi connectivity index (χ1n) is 16.6. The molecule has 3 aromatic rings. The lowest BCUT2D eigenvalue weighted by atomic mass is 9.81. The number of hydrogen-bond acceptors (Lipinski definition) is 7. The van der Waals surface area contributed by atoms with E-state index in [0.29, 0.717) is 30.5 Å². The zero-order valence-corrected chi connectivity index (χ0v) is 26.7. The summed E-state index contributed by atoms with van der Waals surface area (Å²) in [5.41, 5.74) is 3.05. The fourth-order valence-corrected chi connectivity index (χ4v) is 7.19. The number of nitrogens with one attached hydrogen (secondary N) is 1. The van der Waals surface area contributed by atoms with Crippen molar-refractivity contribution in [1.29, 1.82) is 0 Å². The Labute approximate surface area is 266 Å². The summed E-state index contributed by atoms with van der Waals surface area (Å²) in [7, 11) is 4.25. The van der Waals surface area contributed by atoms with Crippen LogP contribution < -0.4 is 10.2 Å². The van der Waals surface area contributed by atoms with Gasteiger partial charge in [-0.25, -0.2) is 14.8 Å². The van der Waals surface area contributed by atoms with Crippen molar-refractivity contribution >= 4 is 28.7 Å². The summed E-state index contributed by atoms with van der Waals surface area (Å²) in [5, 5.41) is 14.0. The number of pyridine rings is 2. The van der Waals surface area contributed by atoms with Gasteiger partial charge in [0.05, 0.1) is 16.8 Å². The zero-order chi connectivity index (χ0) is 31.3. The molecule has 0 bridgehead atoms. The molecule has 2 aromatic heterocycles. The number of piperidine rings is 1. The number of carbonyl (C=O) groups is 2. The topological polar surface area (TPSA) is 105 Å². The van der Waals surface area contributed by atoms with E-state index in [0.717, 1.165) is 106 Å². The van der Waals surface area contributed by atoms with Crippen LogP contribution in [-0.2, 0) is 0 Å². The molecular weight excluding hydrogens is 566 g/mol. The van der Waals surface area contributed by atoms with E-state index >= 15 is 0 Å². The van der Waals surface area contributed by atoms with E-state index in [4.69, 9.17) is 9.97 Å². The number of hydrogen-bond donors (Lipinski definition) is 2. The third-order valence-corrected chi connectivity index (χ3v) is 10.2. The van der Waals surface area contributed by atoms with E-state index in [-0.39, 0.29) is 11.9 Å². The predicted octanol–water partition coefficient (Wildman–Crippen LogP) is 4.66. The maximum absolute atomic E-state index is 13.6. The van der Waals surface area contributed by atoms with E-state index in [2.05, 4.69) is 46.2 Å². The number of likely N-dealkylation sites (N-methyl/N-ethyl adjacent to an activating group) is 1. The zero-order valence-electron chi connectivity index (χ0n) is 26.7. The van der Waals surface area contributed by atoms with Crippen molar-refractivity contribution in [1.82, 2.24) is 30.0 Å². The van der Waals surface area contributed by atoms with Gasteiger partial charge in [-0.05, 0) is 102 Å². The molecule has 2 aliphatic heterocycles. The lowest BCUT2D eigenvalue weighted by Crippen LogP contribution is -2.48. The van der Waals surface area contributed by atoms with Gasteiger partial charge in [-0.15, -0.1) is 0 Å². The number of para-hydroxylation sites is 1. The van der Waals surface area contributed by atoms with Gasteiger partial charge in [0.15, 0.2) is 0 Å². The maximum Gasteiger partial charge on any atom is 0.407 e. The summed E-state index contributed by atoms with van der Waals surface area (Å²) in [5.74, 6) is 1.66. The molecule has 10 heteroatoms. The first-order valence-corrected chi connectivity index (χ1v) is 16.6. The van der Waals surface area contributed by atoms with Gasteiger partial charge in [0.2, 0.25) is 0 Å². The van der Waals surface area contributed by atoms with Gasteiger partial charge in [-0.3, -0.25) is 4.79 Å². The lowest BCUT2D eigenvalue weighted by Gasteiger charge is -2.38. The van der Waals surface area contributed by atoms with Crippen LogP contribution in [-0.4, -0.2) is 114 Å². The summed E-state index contributed by atoms with van der Waals surface area (Å²) in [6.07, 6.45) is 6.89. The number of nitrogens with zero attached hydrogens (tertiary/aromatic N) is 6. The first-order chi connectivity index (χ1) is 21.8. The quantitative estimate of drug-likeness (QED) is 0.378. The molecule has 2 N–H and O–H groups in total. The summed E-state index contributed by atoms with van der Waals surface area (Å²) in [6.45, 7) is 7.13. The average molecular weight is 614 g/mol. The lowest BCUT2D eigenvalue weighted by molar-refractivity contribution is 0.0784. The van der Waals surface area contributed by atoms with Crippen LogP contribution in [0.4, 0.5) is 10.6 Å². The SMILES string of the molecule is CN1CCC(N(CC2CCC(CNC(=O)c3cc(-c4ccc(N5CCN(C)CC5)nc4)nc4ccccc34)CC2)C(=O)O)CC1. The highest BCUT2D eigenvalue weighted by molar-refractivity contribution is 6.07. The molecule has 0 spiro atoms. The number of carbonyl (C=O) groups excluding carboxylic acids is 1. The second-order valence-corrected chi connectivity index (χ2v) is 13.3. The number of anilines is 1. The van der Waals surface area contributed by atoms with Gasteiger partial charge in [0, 0.05) is 62.5 Å². The molecule has 240 valence electrons. The average Bonchev–Trinajstić information content (AvgIpc) is 3.07. The number of rotatable bonds is 8. The number of carboxylic acid groups (broad SMARTS) is 1. The minimum atomic E-state index is -0.787. The normalized spacial score (nSPS) is 22.0. The molecule has 4 heterocycles. The Bertz CT molecular complexity index is 1460. The number of aromatic nitrogens is 2. The Morgan fingerprint density at radius 2 is 1.58 bits per heavy atom. The van der Waals surface area contributed by atoms with E-state index in [1.807, 2.05) is 36.5 Å². The highest BCUT2D eigenvalue weighted by atomic mass is 16.4. The number of benzene rings is 1. The highest BCUT2D eigenvalue weighted by Gasteiger charge is 2.31. The van der Waals surface area contributed by atoms with Crippen molar-refractivity contribution in [2.24, 2.45) is 11.8 Å². The van der Waals surface area contributed by atoms with Crippen LogP contribution in [0.3, 0.4) is 0 Å². The van der Waals surface area contributed by atoms with Crippen molar-refractivity contribution in [3.63, 3.8) is 0 Å². The minimum Gasteiger partial charge on any atom is -0.465 e. The Hall–Kier alpha value is -3.76. The number of fused-ring (bicyclic) bond motifs is 1. The molecular formula is C35H47N7O3. The molecule has 1 aliphatic carbocycles. The van der Waals surface area contributed by atoms with Gasteiger partial charge >= 0.3 is 6.09 Å². The maximum atomic E-state index is 13.6. The standard InChI is InChI=1S/C35H47N7O3/c1-39-15-13-28(14-16-39)42(35(44)45)24-26-9-7-25(8-10-26)22-37-34(43)30-21-32(38-31-6-4-3-5-29(30)31)27-11-12-33(36-23-27)41-19-17-40(2)18-20-41/h3-6,11-12,21,23,25-26,28H,7-10,13-20,22,24H2,1-2H3,(H,37,43)(H,44,45). The van der Waals surface area contributed by atoms with Crippen LogP contribution in [0.25, 0.3) is 22.2 Å². The summed E-state index contributed by atoms with van der Waals surface area (Å²) in [4.78, 5) is 43.9. The van der Waals surface area contributed by atoms with Gasteiger partial charge in [0.1, 0.15) is 5.82 Å². The van der Waals surface area contributed by atoms with Crippen molar-refractivity contribution < 1.29 is 14.7 Å². The predicted molar refractivity (Wildman–Crippen MR) is 178 cm³/mol. The largest absolute Gasteiger partial charge is 0.465 e. The Morgan fingerprint density at radius 1 is 0.889 bits per heavy atom. The fraction of sp³-hybridized carbons (Fsp3) is 0.543. The molecule has 45 heavy (non-hydrogen) atoms. The smallest absolute Gasteiger partial charge is 0.407 e. The van der Waals surface area contributed by atoms with E-state index < -0.39 is 6.09 Å². The van der Waals surface area contributed by atoms with E-state index in [1.165, 1.54) is 0 Å². The highest BCUT2D eigenvalue weighted by Crippen LogP contribution is 2.31. The molecule has 3 fully saturated rings. The van der Waals surface area contributed by atoms with Crippen LogP contribution in [0.15, 0.2) is 48.7 Å². The van der Waals surface area contributed by atoms with Crippen molar-refractivity contribution in [2.75, 3.05) is 71.4 Å². The molecule has 3 aliphatic rings. The third-order valence-electron chi connectivity index (χ3n) is 10.2. The minimum absolute atomic E-state index is 0.0849. The Kier molecular flexibility index (Phi) is 9.80. The Balaban J connectivity index is 1.07. The molecule has 6 rings (SSSR count). The summed E-state index contributed by atoms with van der Waals surface area (Å²) >= 11 is 0. The number of amides is 2. The van der Waals surface area contributed by atoms with Gasteiger partial charge in [0.25, 0.3) is 5.91 Å². The van der Waals surface area contributed by atoms with E-state index in [1.54, 1.807) is 4.90 Å². The van der Waals surface area contributed by atoms with Crippen molar-refractivity contribution in [3.8, 4) is 11.3 Å². The monoisotopic (exact) mass is 613 g/mol. The molecule has 0 atom stereocenters. The summed E-state index contributed by atoms with van der Waals surface area (Å²) in [6, 6.07) is 13.9. The Morgan fingerprint density at radius 3 is 2.27 bits per heavy atom. The van der Waals surface area contributed by atoms with E-state index in [9.17, 15) is 14.7 Å². The molecule has 10 nitrogen and oxygen atoms in total. The molecule has 2 amide bonds. The van der Waals surface area contributed by atoms with Crippen LogP contribution in [0.1, 0.15) is 48.9 Å². The van der Waals surface area contributed by atoms with Gasteiger partial charge in [-0.1, -0.05) is 18.2 Å². The molecule has 1 saturated carbocycles. The second kappa shape index (κ2) is 14.1. The third kappa shape index (κ3) is 7.56. The molecule has 0 radical (unpaired) electrons. The van der Waals surface area contributed by atoms with Crippen LogP contribution in [0.2, 0.25) is 0 Å². The second-order valence-electron chi connectivity index (χ2n) is 13.3. The van der Waals surface area contributed by atoms with Crippen LogP contribution in [0.5, 0.6) is 0 Å². The molecule has 1 aromatic carbocycles. The van der Waals surface area contributed by atoms with Gasteiger partial charge < -0.3 is 30.0 Å². The summed E-state index contributed by atoms with van der Waals surface area (Å²) < 4.78 is 0.